The van der Waals surface area contributed by atoms with Gasteiger partial charge in [-0.1, -0.05) is 12.2 Å². The maximum Gasteiger partial charge on any atom is 0.278 e. The number of nitrogens with one attached hydrogen (secondary N) is 2. The second-order valence-corrected chi connectivity index (χ2v) is 5.90. The molecule has 0 saturated heterocycles. The summed E-state index contributed by atoms with van der Waals surface area (Å²) in [5, 5.41) is 5.94. The molecule has 0 atom stereocenters. The lowest BCUT2D eigenvalue weighted by atomic mass is 10.2. The number of hydrogen-bond acceptors (Lipinski definition) is 5. The Morgan fingerprint density at radius 3 is 2.75 bits per heavy atom. The van der Waals surface area contributed by atoms with E-state index >= 15 is 0 Å². The summed E-state index contributed by atoms with van der Waals surface area (Å²) in [6, 6.07) is 6.04. The average Bonchev–Trinajstić information content (AvgIpc) is 2.93. The fourth-order valence-electron chi connectivity index (χ4n) is 1.52. The number of benzene rings is 1. The quantitative estimate of drug-likeness (QED) is 0.706. The fraction of sp³-hybridized carbons (Fsp3) is 0.0909. The molecule has 1 heterocycles. The molecule has 2 rings (SSSR count). The van der Waals surface area contributed by atoms with Crippen LogP contribution >= 0.6 is 12.2 Å². The second kappa shape index (κ2) is 5.47. The van der Waals surface area contributed by atoms with Gasteiger partial charge < -0.3 is 10.5 Å². The highest BCUT2D eigenvalue weighted by Gasteiger charge is 2.18. The first kappa shape index (κ1) is 14.3. The van der Waals surface area contributed by atoms with E-state index in [1.165, 1.54) is 25.4 Å². The number of nitrogens with zero attached hydrogens (tertiary/aromatic N) is 1. The summed E-state index contributed by atoms with van der Waals surface area (Å²) in [6.07, 6.45) is 1.35. The molecule has 0 bridgehead atoms. The van der Waals surface area contributed by atoms with Crippen molar-refractivity contribution in [2.75, 3.05) is 11.8 Å². The van der Waals surface area contributed by atoms with Crippen LogP contribution in [-0.2, 0) is 10.0 Å². The van der Waals surface area contributed by atoms with Gasteiger partial charge in [0, 0.05) is 5.56 Å². The number of aromatic nitrogens is 2. The third-order valence-electron chi connectivity index (χ3n) is 2.50. The van der Waals surface area contributed by atoms with Crippen LogP contribution in [0.25, 0.3) is 0 Å². The molecule has 0 aliphatic rings. The third kappa shape index (κ3) is 2.89. The summed E-state index contributed by atoms with van der Waals surface area (Å²) in [5.74, 6) is 0.318. The monoisotopic (exact) mass is 312 g/mol. The first-order chi connectivity index (χ1) is 9.44. The summed E-state index contributed by atoms with van der Waals surface area (Å²) < 4.78 is 31.7. The van der Waals surface area contributed by atoms with Crippen LogP contribution in [0.4, 0.5) is 5.69 Å². The highest BCUT2D eigenvalue weighted by atomic mass is 32.2. The predicted octanol–water partition coefficient (Wildman–Crippen LogP) is 0.853. The highest BCUT2D eigenvalue weighted by molar-refractivity contribution is 7.92. The van der Waals surface area contributed by atoms with Crippen LogP contribution in [0.1, 0.15) is 5.56 Å². The zero-order valence-corrected chi connectivity index (χ0v) is 12.1. The molecule has 4 N–H and O–H groups in total. The fourth-order valence-corrected chi connectivity index (χ4v) is 2.63. The lowest BCUT2D eigenvalue weighted by molar-refractivity contribution is 0.417. The molecule has 0 aliphatic carbocycles. The minimum atomic E-state index is -3.75. The summed E-state index contributed by atoms with van der Waals surface area (Å²) >= 11 is 4.86. The van der Waals surface area contributed by atoms with Crippen molar-refractivity contribution in [1.82, 2.24) is 10.2 Å². The number of ether oxygens (including phenoxy) is 1. The molecule has 0 unspecified atom stereocenters. The van der Waals surface area contributed by atoms with E-state index in [4.69, 9.17) is 22.7 Å². The van der Waals surface area contributed by atoms with Gasteiger partial charge in [-0.25, -0.2) is 0 Å². The van der Waals surface area contributed by atoms with Crippen LogP contribution in [0.2, 0.25) is 0 Å². The predicted molar refractivity (Wildman–Crippen MR) is 78.3 cm³/mol. The molecule has 0 aliphatic heterocycles. The van der Waals surface area contributed by atoms with Gasteiger partial charge in [0.25, 0.3) is 10.0 Å². The normalized spacial score (nSPS) is 11.1. The van der Waals surface area contributed by atoms with Crippen LogP contribution in [0.15, 0.2) is 35.5 Å². The molecule has 9 heteroatoms. The van der Waals surface area contributed by atoms with Gasteiger partial charge in [0.2, 0.25) is 0 Å². The SMILES string of the molecule is COc1cc(C(N)=S)ccc1NS(=O)(=O)c1ccn[nH]1. The smallest absolute Gasteiger partial charge is 0.278 e. The van der Waals surface area contributed by atoms with Gasteiger partial charge in [-0.05, 0) is 24.3 Å². The first-order valence-corrected chi connectivity index (χ1v) is 7.33. The van der Waals surface area contributed by atoms with Gasteiger partial charge in [-0.15, -0.1) is 0 Å². The summed E-state index contributed by atoms with van der Waals surface area (Å²) in [7, 11) is -2.32. The molecule has 106 valence electrons. The zero-order valence-electron chi connectivity index (χ0n) is 10.5. The van der Waals surface area contributed by atoms with E-state index < -0.39 is 10.0 Å². The van der Waals surface area contributed by atoms with Crippen molar-refractivity contribution in [3.05, 3.63) is 36.0 Å². The number of thiocarbonyl (C=S) groups is 1. The molecule has 0 radical (unpaired) electrons. The highest BCUT2D eigenvalue weighted by Crippen LogP contribution is 2.27. The first-order valence-electron chi connectivity index (χ1n) is 5.44. The van der Waals surface area contributed by atoms with E-state index in [9.17, 15) is 8.42 Å². The van der Waals surface area contributed by atoms with Crippen molar-refractivity contribution in [1.29, 1.82) is 0 Å². The van der Waals surface area contributed by atoms with E-state index in [1.807, 2.05) is 0 Å². The Hall–Kier alpha value is -2.13. The standard InChI is InChI=1S/C11H12N4O3S2/c1-18-9-6-7(11(12)19)2-3-8(9)15-20(16,17)10-4-5-13-14-10/h2-6,15H,1H3,(H2,12,19)(H,13,14). The van der Waals surface area contributed by atoms with Gasteiger partial charge in [0.15, 0.2) is 5.03 Å². The van der Waals surface area contributed by atoms with Gasteiger partial charge in [0.1, 0.15) is 10.7 Å². The molecule has 1 aromatic carbocycles. The van der Waals surface area contributed by atoms with Gasteiger partial charge >= 0.3 is 0 Å². The van der Waals surface area contributed by atoms with Crippen LogP contribution in [-0.4, -0.2) is 30.7 Å². The van der Waals surface area contributed by atoms with E-state index in [0.29, 0.717) is 11.3 Å². The Morgan fingerprint density at radius 1 is 1.45 bits per heavy atom. The molecule has 0 saturated carbocycles. The molecular weight excluding hydrogens is 300 g/mol. The molecule has 0 fully saturated rings. The lowest BCUT2D eigenvalue weighted by Gasteiger charge is -2.12. The van der Waals surface area contributed by atoms with Crippen molar-refractivity contribution < 1.29 is 13.2 Å². The minimum absolute atomic E-state index is 0.0435. The molecule has 7 nitrogen and oxygen atoms in total. The minimum Gasteiger partial charge on any atom is -0.495 e. The summed E-state index contributed by atoms with van der Waals surface area (Å²) in [6.45, 7) is 0. The Labute approximate surface area is 121 Å². The number of nitrogens with two attached hydrogens (primary N) is 1. The Bertz CT molecular complexity index is 726. The molecular formula is C11H12N4O3S2. The Morgan fingerprint density at radius 2 is 2.20 bits per heavy atom. The number of rotatable bonds is 5. The van der Waals surface area contributed by atoms with Gasteiger partial charge in [0.05, 0.1) is 19.0 Å². The Balaban J connectivity index is 2.37. The van der Waals surface area contributed by atoms with E-state index in [1.54, 1.807) is 12.1 Å². The van der Waals surface area contributed by atoms with Crippen LogP contribution in [0, 0.1) is 0 Å². The van der Waals surface area contributed by atoms with Crippen molar-refractivity contribution in [3.8, 4) is 5.75 Å². The summed E-state index contributed by atoms with van der Waals surface area (Å²) in [5.41, 5.74) is 6.38. The number of hydrogen-bond donors (Lipinski definition) is 3. The molecule has 0 amide bonds. The van der Waals surface area contributed by atoms with E-state index in [0.717, 1.165) is 0 Å². The number of aromatic amines is 1. The van der Waals surface area contributed by atoms with Crippen molar-refractivity contribution >= 4 is 32.9 Å². The number of H-pyrrole nitrogens is 1. The molecule has 20 heavy (non-hydrogen) atoms. The average molecular weight is 312 g/mol. The van der Waals surface area contributed by atoms with Gasteiger partial charge in [-0.2, -0.15) is 13.5 Å². The number of anilines is 1. The van der Waals surface area contributed by atoms with Crippen molar-refractivity contribution in [2.45, 2.75) is 5.03 Å². The maximum absolute atomic E-state index is 12.1. The number of methoxy groups -OCH3 is 1. The molecule has 2 aromatic rings. The van der Waals surface area contributed by atoms with Crippen molar-refractivity contribution in [3.63, 3.8) is 0 Å². The lowest BCUT2D eigenvalue weighted by Crippen LogP contribution is -2.15. The van der Waals surface area contributed by atoms with Gasteiger partial charge in [-0.3, -0.25) is 9.82 Å². The Kier molecular flexibility index (Phi) is 3.91. The number of sulfonamides is 1. The van der Waals surface area contributed by atoms with E-state index in [-0.39, 0.29) is 15.7 Å². The third-order valence-corrected chi connectivity index (χ3v) is 4.03. The van der Waals surface area contributed by atoms with Crippen LogP contribution < -0.4 is 15.2 Å². The summed E-state index contributed by atoms with van der Waals surface area (Å²) in [4.78, 5) is 0.200. The van der Waals surface area contributed by atoms with Crippen LogP contribution in [0.5, 0.6) is 5.75 Å². The molecule has 0 spiro atoms. The second-order valence-electron chi connectivity index (χ2n) is 3.81. The zero-order chi connectivity index (χ0) is 14.8. The maximum atomic E-state index is 12.1. The van der Waals surface area contributed by atoms with Crippen LogP contribution in [0.3, 0.4) is 0 Å². The largest absolute Gasteiger partial charge is 0.495 e. The molecule has 1 aromatic heterocycles. The topological polar surface area (TPSA) is 110 Å². The van der Waals surface area contributed by atoms with Crippen molar-refractivity contribution in [2.24, 2.45) is 5.73 Å². The van der Waals surface area contributed by atoms with E-state index in [2.05, 4.69) is 14.9 Å².